The third-order valence-electron chi connectivity index (χ3n) is 10.3. The van der Waals surface area contributed by atoms with E-state index in [0.29, 0.717) is 31.4 Å². The van der Waals surface area contributed by atoms with Gasteiger partial charge in [0.25, 0.3) is 0 Å². The maximum atomic E-state index is 14.0. The fourth-order valence-electron chi connectivity index (χ4n) is 6.24. The Morgan fingerprint density at radius 3 is 1.76 bits per heavy atom. The van der Waals surface area contributed by atoms with Gasteiger partial charge in [0.2, 0.25) is 47.3 Å². The van der Waals surface area contributed by atoms with Crippen LogP contribution in [0.1, 0.15) is 79.2 Å². The SMILES string of the molecule is CC[C@H](C)[C@H](NC(=O)[C@@H](NC(=O)[C@@H](NC(=O)[C@H](Cc1ccccc1)NC(=O)[C@H](C)NC(=O)[C@H](CCN=C(N)N)NC(=O)CN)C(C)C)[C@@H](C)O)C(=O)NCC(=O)N[C@@H](CCCCN)C(=O)O. The lowest BCUT2D eigenvalue weighted by Gasteiger charge is -2.30. The Hall–Kier alpha value is -6.40. The van der Waals surface area contributed by atoms with Crippen LogP contribution >= 0.6 is 0 Å². The molecule has 0 aliphatic rings. The second kappa shape index (κ2) is 29.9. The van der Waals surface area contributed by atoms with E-state index < -0.39 is 127 Å². The average molecular weight is 934 g/mol. The lowest BCUT2D eigenvalue weighted by molar-refractivity contribution is -0.142. The number of nitrogens with zero attached hydrogens (tertiary/aromatic N) is 1. The number of hydrogen-bond acceptors (Lipinski definition) is 13. The molecule has 0 radical (unpaired) electrons. The van der Waals surface area contributed by atoms with E-state index in [4.69, 9.17) is 22.9 Å². The van der Waals surface area contributed by atoms with Gasteiger partial charge in [0.15, 0.2) is 5.96 Å². The Bertz CT molecular complexity index is 1810. The summed E-state index contributed by atoms with van der Waals surface area (Å²) in [4.78, 5) is 122. The number of aliphatic hydroxyl groups is 1. The number of aliphatic imine (C=N–C) groups is 1. The topological polar surface area (TPSA) is 407 Å². The van der Waals surface area contributed by atoms with Gasteiger partial charge in [-0.05, 0) is 63.5 Å². The van der Waals surface area contributed by atoms with E-state index in [0.717, 1.165) is 0 Å². The van der Waals surface area contributed by atoms with Crippen molar-refractivity contribution in [2.24, 2.45) is 39.8 Å². The lowest BCUT2D eigenvalue weighted by atomic mass is 9.97. The Morgan fingerprint density at radius 2 is 1.21 bits per heavy atom. The number of hydrogen-bond donors (Lipinski definition) is 14. The number of carboxylic acid groups (broad SMARTS) is 1. The van der Waals surface area contributed by atoms with Crippen molar-refractivity contribution in [1.82, 2.24) is 42.5 Å². The first-order chi connectivity index (χ1) is 31.1. The maximum absolute atomic E-state index is 14.0. The van der Waals surface area contributed by atoms with E-state index in [1.54, 1.807) is 58.0 Å². The lowest BCUT2D eigenvalue weighted by Crippen LogP contribution is -2.62. The van der Waals surface area contributed by atoms with Gasteiger partial charge in [0, 0.05) is 13.0 Å². The number of nitrogens with one attached hydrogen (secondary N) is 8. The van der Waals surface area contributed by atoms with Crippen LogP contribution in [0.5, 0.6) is 0 Å². The largest absolute Gasteiger partial charge is 0.480 e. The van der Waals surface area contributed by atoms with Crippen LogP contribution in [0.25, 0.3) is 0 Å². The number of rotatable bonds is 30. The molecule has 0 fully saturated rings. The third kappa shape index (κ3) is 21.1. The van der Waals surface area contributed by atoms with Crippen molar-refractivity contribution in [3.8, 4) is 0 Å². The van der Waals surface area contributed by atoms with Gasteiger partial charge in [-0.1, -0.05) is 64.4 Å². The first-order valence-electron chi connectivity index (χ1n) is 21.8. The second-order valence-corrected chi connectivity index (χ2v) is 16.2. The van der Waals surface area contributed by atoms with Gasteiger partial charge in [-0.2, -0.15) is 0 Å². The summed E-state index contributed by atoms with van der Waals surface area (Å²) in [5.41, 5.74) is 22.2. The number of unbranched alkanes of at least 4 members (excludes halogenated alkanes) is 1. The minimum absolute atomic E-state index is 0.0362. The number of guanidine groups is 1. The highest BCUT2D eigenvalue weighted by atomic mass is 16.4. The Kier molecular flexibility index (Phi) is 26.1. The number of amides is 8. The van der Waals surface area contributed by atoms with Crippen LogP contribution in [-0.4, -0.2) is 144 Å². The molecule has 0 aliphatic heterocycles. The highest BCUT2D eigenvalue weighted by Crippen LogP contribution is 2.12. The summed E-state index contributed by atoms with van der Waals surface area (Å²) in [6.45, 7) is 8.48. The molecule has 9 atom stereocenters. The molecular formula is C42H71N13O11. The molecular weight excluding hydrogens is 863 g/mol. The molecule has 0 aromatic heterocycles. The van der Waals surface area contributed by atoms with Crippen LogP contribution in [0.3, 0.4) is 0 Å². The molecule has 0 spiro atoms. The minimum Gasteiger partial charge on any atom is -0.480 e. The van der Waals surface area contributed by atoms with Gasteiger partial charge in [0.1, 0.15) is 42.3 Å². The molecule has 370 valence electrons. The molecule has 0 heterocycles. The van der Waals surface area contributed by atoms with E-state index >= 15 is 0 Å². The number of aliphatic hydroxyl groups excluding tert-OH is 1. The zero-order chi connectivity index (χ0) is 50.1. The van der Waals surface area contributed by atoms with Gasteiger partial charge in [-0.3, -0.25) is 43.3 Å². The van der Waals surface area contributed by atoms with Crippen molar-refractivity contribution in [2.75, 3.05) is 26.2 Å². The Labute approximate surface area is 384 Å². The van der Waals surface area contributed by atoms with Gasteiger partial charge >= 0.3 is 5.97 Å². The second-order valence-electron chi connectivity index (χ2n) is 16.2. The van der Waals surface area contributed by atoms with Crippen LogP contribution < -0.4 is 65.5 Å². The number of aliphatic carboxylic acids is 1. The monoisotopic (exact) mass is 934 g/mol. The fourth-order valence-corrected chi connectivity index (χ4v) is 6.24. The van der Waals surface area contributed by atoms with Crippen LogP contribution in [-0.2, 0) is 49.6 Å². The smallest absolute Gasteiger partial charge is 0.326 e. The molecule has 18 N–H and O–H groups in total. The Morgan fingerprint density at radius 1 is 0.636 bits per heavy atom. The van der Waals surface area contributed by atoms with Crippen LogP contribution in [0, 0.1) is 11.8 Å². The summed E-state index contributed by atoms with van der Waals surface area (Å²) >= 11 is 0. The molecule has 0 saturated carbocycles. The van der Waals surface area contributed by atoms with E-state index in [-0.39, 0.29) is 31.8 Å². The summed E-state index contributed by atoms with van der Waals surface area (Å²) in [5, 5.41) is 40.1. The number of carbonyl (C=O) groups is 9. The summed E-state index contributed by atoms with van der Waals surface area (Å²) < 4.78 is 0. The fraction of sp³-hybridized carbons (Fsp3) is 0.619. The molecule has 0 saturated heterocycles. The minimum atomic E-state index is -1.65. The molecule has 66 heavy (non-hydrogen) atoms. The predicted octanol–water partition coefficient (Wildman–Crippen LogP) is -4.32. The highest BCUT2D eigenvalue weighted by Gasteiger charge is 2.36. The van der Waals surface area contributed by atoms with Crippen molar-refractivity contribution < 1.29 is 53.4 Å². The molecule has 0 unspecified atom stereocenters. The van der Waals surface area contributed by atoms with Crippen molar-refractivity contribution in [1.29, 1.82) is 0 Å². The van der Waals surface area contributed by atoms with Crippen LogP contribution in [0.2, 0.25) is 0 Å². The van der Waals surface area contributed by atoms with Gasteiger partial charge in [0.05, 0.1) is 19.2 Å². The van der Waals surface area contributed by atoms with E-state index in [1.807, 2.05) is 0 Å². The Balaban J connectivity index is 3.23. The predicted molar refractivity (Wildman–Crippen MR) is 243 cm³/mol. The van der Waals surface area contributed by atoms with Crippen LogP contribution in [0.4, 0.5) is 0 Å². The summed E-state index contributed by atoms with van der Waals surface area (Å²) in [6, 6.07) is -0.595. The summed E-state index contributed by atoms with van der Waals surface area (Å²) in [7, 11) is 0. The quantitative estimate of drug-likeness (QED) is 0.0197. The zero-order valence-electron chi connectivity index (χ0n) is 38.6. The molecule has 24 heteroatoms. The van der Waals surface area contributed by atoms with Gasteiger partial charge < -0.3 is 75.7 Å². The first kappa shape index (κ1) is 57.6. The highest BCUT2D eigenvalue weighted by molar-refractivity contribution is 5.98. The van der Waals surface area contributed by atoms with Gasteiger partial charge in [-0.15, -0.1) is 0 Å². The zero-order valence-corrected chi connectivity index (χ0v) is 38.6. The standard InChI is InChI=1S/C42H71N13O11/c1-7-23(4)33(38(62)48-21-31(58)51-28(41(65)66)15-11-12-17-43)54-40(64)34(25(6)56)55-39(63)32(22(2)3)53-37(61)29(19-26-13-9-8-10-14-26)52-35(59)24(5)49-36(60)27(50-30(57)20-44)16-18-47-42(45)46/h8-10,13-14,22-25,27-29,32-34,56H,7,11-12,15-21,43-44H2,1-6H3,(H,48,62)(H,49,60)(H,50,57)(H,51,58)(H,52,59)(H,53,61)(H,54,64)(H,55,63)(H,65,66)(H4,45,46,47)/t23-,24-,25+,27-,28-,29-,32-,33-,34-/m0/s1. The molecule has 0 aliphatic carbocycles. The molecule has 1 aromatic rings. The molecule has 1 rings (SSSR count). The van der Waals surface area contributed by atoms with E-state index in [1.165, 1.54) is 13.8 Å². The third-order valence-corrected chi connectivity index (χ3v) is 10.3. The summed E-state index contributed by atoms with van der Waals surface area (Å²) in [6.07, 6.45) is -0.112. The van der Waals surface area contributed by atoms with Crippen molar-refractivity contribution in [2.45, 2.75) is 128 Å². The maximum Gasteiger partial charge on any atom is 0.326 e. The number of carboxylic acids is 1. The number of benzene rings is 1. The van der Waals surface area contributed by atoms with Crippen molar-refractivity contribution in [3.63, 3.8) is 0 Å². The normalized spacial score (nSPS) is 15.1. The van der Waals surface area contributed by atoms with Crippen molar-refractivity contribution >= 4 is 59.2 Å². The van der Waals surface area contributed by atoms with Crippen molar-refractivity contribution in [3.05, 3.63) is 35.9 Å². The van der Waals surface area contributed by atoms with E-state index in [2.05, 4.69) is 47.5 Å². The molecule has 24 nitrogen and oxygen atoms in total. The molecule has 8 amide bonds. The average Bonchev–Trinajstić information content (AvgIpc) is 3.26. The molecule has 1 aromatic carbocycles. The first-order valence-corrected chi connectivity index (χ1v) is 21.8. The van der Waals surface area contributed by atoms with E-state index in [9.17, 15) is 53.4 Å². The van der Waals surface area contributed by atoms with Crippen LogP contribution in [0.15, 0.2) is 35.3 Å². The van der Waals surface area contributed by atoms with Gasteiger partial charge in [-0.25, -0.2) is 4.79 Å². The molecule has 0 bridgehead atoms. The number of nitrogens with two attached hydrogens (primary N) is 4. The summed E-state index contributed by atoms with van der Waals surface area (Å²) in [5.74, 6) is -9.08. The number of carbonyl (C=O) groups excluding carboxylic acids is 8.